The van der Waals surface area contributed by atoms with Crippen LogP contribution in [0.4, 0.5) is 0 Å². The molecule has 0 aliphatic rings. The van der Waals surface area contributed by atoms with Gasteiger partial charge in [0.2, 0.25) is 0 Å². The lowest BCUT2D eigenvalue weighted by Crippen LogP contribution is -2.09. The molecule has 0 saturated carbocycles. The molecular formula is C18H16O5. The van der Waals surface area contributed by atoms with Gasteiger partial charge in [-0.1, -0.05) is 6.07 Å². The molecule has 0 aliphatic carbocycles. The lowest BCUT2D eigenvalue weighted by Gasteiger charge is -2.08. The SMILES string of the molecule is COC(=O)/C=C/c1ccc(OC(=O)c2ccc(O)cc2)c(C)c1. The van der Waals surface area contributed by atoms with Gasteiger partial charge in [-0.05, 0) is 60.5 Å². The van der Waals surface area contributed by atoms with Crippen LogP contribution in [-0.2, 0) is 9.53 Å². The standard InChI is InChI=1S/C18H16O5/c1-12-11-13(4-10-17(20)22-2)3-9-16(12)23-18(21)14-5-7-15(19)8-6-14/h3-11,19H,1-2H3/b10-4+. The smallest absolute Gasteiger partial charge is 0.343 e. The highest BCUT2D eigenvalue weighted by Gasteiger charge is 2.10. The molecule has 0 aliphatic heterocycles. The number of methoxy groups -OCH3 is 1. The quantitative estimate of drug-likeness (QED) is 0.533. The van der Waals surface area contributed by atoms with E-state index in [9.17, 15) is 14.7 Å². The summed E-state index contributed by atoms with van der Waals surface area (Å²) in [7, 11) is 1.31. The van der Waals surface area contributed by atoms with Gasteiger partial charge in [-0.15, -0.1) is 0 Å². The highest BCUT2D eigenvalue weighted by molar-refractivity contribution is 5.91. The summed E-state index contributed by atoms with van der Waals surface area (Å²) in [4.78, 5) is 23.1. The van der Waals surface area contributed by atoms with Crippen molar-refractivity contribution < 1.29 is 24.2 Å². The van der Waals surface area contributed by atoms with Crippen LogP contribution in [0, 0.1) is 6.92 Å². The van der Waals surface area contributed by atoms with Crippen molar-refractivity contribution in [3.8, 4) is 11.5 Å². The van der Waals surface area contributed by atoms with E-state index in [1.807, 2.05) is 0 Å². The van der Waals surface area contributed by atoms with E-state index in [-0.39, 0.29) is 5.75 Å². The topological polar surface area (TPSA) is 72.8 Å². The first-order valence-corrected chi connectivity index (χ1v) is 6.87. The number of carbonyl (C=O) groups is 2. The molecule has 23 heavy (non-hydrogen) atoms. The lowest BCUT2D eigenvalue weighted by atomic mass is 10.1. The Morgan fingerprint density at radius 2 is 1.78 bits per heavy atom. The molecule has 0 aromatic heterocycles. The second-order valence-corrected chi connectivity index (χ2v) is 4.82. The lowest BCUT2D eigenvalue weighted by molar-refractivity contribution is -0.134. The molecule has 5 nitrogen and oxygen atoms in total. The average molecular weight is 312 g/mol. The van der Waals surface area contributed by atoms with Crippen molar-refractivity contribution in [2.45, 2.75) is 6.92 Å². The number of aromatic hydroxyl groups is 1. The normalized spacial score (nSPS) is 10.5. The average Bonchev–Trinajstić information content (AvgIpc) is 2.55. The van der Waals surface area contributed by atoms with Crippen LogP contribution in [-0.4, -0.2) is 24.2 Å². The molecule has 0 unspecified atom stereocenters. The van der Waals surface area contributed by atoms with Crippen LogP contribution in [0.15, 0.2) is 48.5 Å². The second-order valence-electron chi connectivity index (χ2n) is 4.82. The number of carbonyl (C=O) groups excluding carboxylic acids is 2. The van der Waals surface area contributed by atoms with E-state index in [2.05, 4.69) is 4.74 Å². The maximum Gasteiger partial charge on any atom is 0.343 e. The van der Waals surface area contributed by atoms with Gasteiger partial charge >= 0.3 is 11.9 Å². The minimum absolute atomic E-state index is 0.0828. The molecule has 0 fully saturated rings. The van der Waals surface area contributed by atoms with Gasteiger partial charge in [-0.25, -0.2) is 9.59 Å². The van der Waals surface area contributed by atoms with Crippen LogP contribution in [0.25, 0.3) is 6.08 Å². The summed E-state index contributed by atoms with van der Waals surface area (Å²) in [5, 5.41) is 9.22. The second kappa shape index (κ2) is 7.26. The number of hydrogen-bond donors (Lipinski definition) is 1. The Labute approximate surface area is 133 Å². The molecular weight excluding hydrogens is 296 g/mol. The molecule has 0 amide bonds. The molecule has 0 spiro atoms. The van der Waals surface area contributed by atoms with Gasteiger partial charge in [0.1, 0.15) is 11.5 Å². The maximum atomic E-state index is 12.0. The minimum Gasteiger partial charge on any atom is -0.508 e. The summed E-state index contributed by atoms with van der Waals surface area (Å²) in [6.07, 6.45) is 2.93. The van der Waals surface area contributed by atoms with Gasteiger partial charge in [-0.2, -0.15) is 0 Å². The molecule has 0 heterocycles. The first-order valence-electron chi connectivity index (χ1n) is 6.87. The summed E-state index contributed by atoms with van der Waals surface area (Å²) in [5.41, 5.74) is 1.89. The first-order chi connectivity index (χ1) is 11.0. The van der Waals surface area contributed by atoms with Crippen LogP contribution < -0.4 is 4.74 Å². The monoisotopic (exact) mass is 312 g/mol. The van der Waals surface area contributed by atoms with E-state index in [1.54, 1.807) is 31.2 Å². The number of benzene rings is 2. The Bertz CT molecular complexity index is 745. The predicted octanol–water partition coefficient (Wildman–Crippen LogP) is 3.11. The Kier molecular flexibility index (Phi) is 5.15. The number of phenolic OH excluding ortho intramolecular Hbond substituents is 1. The van der Waals surface area contributed by atoms with E-state index >= 15 is 0 Å². The molecule has 2 aromatic carbocycles. The van der Waals surface area contributed by atoms with Crippen LogP contribution in [0.3, 0.4) is 0 Å². The maximum absolute atomic E-state index is 12.0. The van der Waals surface area contributed by atoms with Gasteiger partial charge in [0, 0.05) is 6.08 Å². The van der Waals surface area contributed by atoms with Crippen LogP contribution in [0.1, 0.15) is 21.5 Å². The van der Waals surface area contributed by atoms with Gasteiger partial charge in [0.25, 0.3) is 0 Å². The minimum atomic E-state index is -0.508. The molecule has 2 aromatic rings. The summed E-state index contributed by atoms with van der Waals surface area (Å²) in [6.45, 7) is 1.80. The van der Waals surface area contributed by atoms with Crippen LogP contribution >= 0.6 is 0 Å². The summed E-state index contributed by atoms with van der Waals surface area (Å²) >= 11 is 0. The van der Waals surface area contributed by atoms with E-state index in [1.165, 1.54) is 37.5 Å². The van der Waals surface area contributed by atoms with Gasteiger partial charge in [0.15, 0.2) is 0 Å². The molecule has 2 rings (SSSR count). The molecule has 0 bridgehead atoms. The number of ether oxygens (including phenoxy) is 2. The summed E-state index contributed by atoms with van der Waals surface area (Å²) < 4.78 is 9.86. The van der Waals surface area contributed by atoms with Crippen LogP contribution in [0.5, 0.6) is 11.5 Å². The van der Waals surface area contributed by atoms with Crippen molar-refractivity contribution >= 4 is 18.0 Å². The Morgan fingerprint density at radius 3 is 2.39 bits per heavy atom. The number of rotatable bonds is 4. The zero-order chi connectivity index (χ0) is 16.8. The zero-order valence-corrected chi connectivity index (χ0v) is 12.8. The Morgan fingerprint density at radius 1 is 1.09 bits per heavy atom. The third-order valence-corrected chi connectivity index (χ3v) is 3.12. The summed E-state index contributed by atoms with van der Waals surface area (Å²) in [6, 6.07) is 11.0. The number of aryl methyl sites for hydroxylation is 1. The number of phenols is 1. The molecule has 0 radical (unpaired) electrons. The molecule has 0 saturated heterocycles. The Hall–Kier alpha value is -3.08. The molecule has 118 valence electrons. The first kappa shape index (κ1) is 16.3. The van der Waals surface area contributed by atoms with E-state index in [0.29, 0.717) is 11.3 Å². The third-order valence-electron chi connectivity index (χ3n) is 3.12. The van der Waals surface area contributed by atoms with Crippen molar-refractivity contribution in [3.05, 3.63) is 65.2 Å². The fourth-order valence-electron chi connectivity index (χ4n) is 1.88. The molecule has 0 atom stereocenters. The fraction of sp³-hybridized carbons (Fsp3) is 0.111. The number of esters is 2. The van der Waals surface area contributed by atoms with Crippen molar-refractivity contribution in [3.63, 3.8) is 0 Å². The van der Waals surface area contributed by atoms with Crippen molar-refractivity contribution in [1.82, 2.24) is 0 Å². The van der Waals surface area contributed by atoms with Crippen LogP contribution in [0.2, 0.25) is 0 Å². The van der Waals surface area contributed by atoms with Gasteiger partial charge in [-0.3, -0.25) is 0 Å². The van der Waals surface area contributed by atoms with Crippen molar-refractivity contribution in [2.75, 3.05) is 7.11 Å². The largest absolute Gasteiger partial charge is 0.508 e. The highest BCUT2D eigenvalue weighted by Crippen LogP contribution is 2.21. The van der Waals surface area contributed by atoms with Crippen molar-refractivity contribution in [2.24, 2.45) is 0 Å². The van der Waals surface area contributed by atoms with Crippen molar-refractivity contribution in [1.29, 1.82) is 0 Å². The zero-order valence-electron chi connectivity index (χ0n) is 12.8. The Balaban J connectivity index is 2.12. The fourth-order valence-corrected chi connectivity index (χ4v) is 1.88. The third kappa shape index (κ3) is 4.44. The van der Waals surface area contributed by atoms with E-state index < -0.39 is 11.9 Å². The van der Waals surface area contributed by atoms with Gasteiger partial charge < -0.3 is 14.6 Å². The number of hydrogen-bond acceptors (Lipinski definition) is 5. The summed E-state index contributed by atoms with van der Waals surface area (Å²) in [5.74, 6) is -0.436. The van der Waals surface area contributed by atoms with E-state index in [0.717, 1.165) is 11.1 Å². The van der Waals surface area contributed by atoms with Gasteiger partial charge in [0.05, 0.1) is 12.7 Å². The predicted molar refractivity (Wildman–Crippen MR) is 85.3 cm³/mol. The van der Waals surface area contributed by atoms with E-state index in [4.69, 9.17) is 4.74 Å². The molecule has 5 heteroatoms. The highest BCUT2D eigenvalue weighted by atomic mass is 16.5. The molecule has 1 N–H and O–H groups in total.